The highest BCUT2D eigenvalue weighted by atomic mass is 16.6. The van der Waals surface area contributed by atoms with Gasteiger partial charge in [-0.05, 0) is 32.8 Å². The van der Waals surface area contributed by atoms with Crippen molar-refractivity contribution in [1.82, 2.24) is 5.32 Å². The lowest BCUT2D eigenvalue weighted by atomic mass is 10.1. The summed E-state index contributed by atoms with van der Waals surface area (Å²) in [5, 5.41) is 2.80. The van der Waals surface area contributed by atoms with Crippen LogP contribution in [0.25, 0.3) is 0 Å². The number of carbonyl (C=O) groups excluding carboxylic acids is 1. The van der Waals surface area contributed by atoms with Crippen LogP contribution in [0.3, 0.4) is 0 Å². The Hall–Kier alpha value is -1.55. The second kappa shape index (κ2) is 9.46. The first kappa shape index (κ1) is 18.5. The van der Waals surface area contributed by atoms with Gasteiger partial charge in [0.1, 0.15) is 5.60 Å². The number of unbranched alkanes of at least 4 members (excludes halogenated alkanes) is 1. The number of carbonyl (C=O) groups is 1. The largest absolute Gasteiger partial charge is 0.444 e. The molecule has 1 aromatic rings. The van der Waals surface area contributed by atoms with Gasteiger partial charge in [-0.1, -0.05) is 50.1 Å². The van der Waals surface area contributed by atoms with Gasteiger partial charge in [0.15, 0.2) is 0 Å². The quantitative estimate of drug-likeness (QED) is 0.779. The molecule has 0 fully saturated rings. The monoisotopic (exact) mass is 307 g/mol. The highest BCUT2D eigenvalue weighted by Crippen LogP contribution is 2.10. The molecule has 4 heteroatoms. The van der Waals surface area contributed by atoms with Crippen molar-refractivity contribution in [3.05, 3.63) is 35.9 Å². The molecule has 0 aliphatic carbocycles. The van der Waals surface area contributed by atoms with Crippen molar-refractivity contribution in [2.75, 3.05) is 6.54 Å². The molecule has 0 radical (unpaired) electrons. The van der Waals surface area contributed by atoms with Gasteiger partial charge in [0.25, 0.3) is 0 Å². The summed E-state index contributed by atoms with van der Waals surface area (Å²) in [7, 11) is 0. The van der Waals surface area contributed by atoms with E-state index >= 15 is 0 Å². The number of nitrogens with one attached hydrogen (secondary N) is 1. The van der Waals surface area contributed by atoms with Gasteiger partial charge in [0.2, 0.25) is 0 Å². The number of ether oxygens (including phenoxy) is 2. The maximum absolute atomic E-state index is 11.7. The maximum atomic E-state index is 11.7. The lowest BCUT2D eigenvalue weighted by molar-refractivity contribution is 0.0236. The van der Waals surface area contributed by atoms with Gasteiger partial charge in [-0.3, -0.25) is 0 Å². The van der Waals surface area contributed by atoms with E-state index in [1.807, 2.05) is 51.1 Å². The standard InChI is InChI=1S/C18H29NO3/c1-5-6-12-16(13-19-17(20)22-18(2,3)4)21-14-15-10-8-7-9-11-15/h7-11,16H,5-6,12-14H2,1-4H3,(H,19,20). The Bertz CT molecular complexity index is 426. The summed E-state index contributed by atoms with van der Waals surface area (Å²) in [5.74, 6) is 0. The van der Waals surface area contributed by atoms with E-state index in [2.05, 4.69) is 12.2 Å². The summed E-state index contributed by atoms with van der Waals surface area (Å²) in [6, 6.07) is 10.1. The lowest BCUT2D eigenvalue weighted by Gasteiger charge is -2.22. The molecule has 0 saturated carbocycles. The summed E-state index contributed by atoms with van der Waals surface area (Å²) < 4.78 is 11.2. The normalized spacial score (nSPS) is 12.7. The minimum absolute atomic E-state index is 0.00711. The maximum Gasteiger partial charge on any atom is 0.407 e. The van der Waals surface area contributed by atoms with E-state index in [-0.39, 0.29) is 6.10 Å². The summed E-state index contributed by atoms with van der Waals surface area (Å²) >= 11 is 0. The second-order valence-corrected chi connectivity index (χ2v) is 6.44. The average Bonchev–Trinajstić information content (AvgIpc) is 2.45. The Morgan fingerprint density at radius 2 is 1.91 bits per heavy atom. The molecule has 0 bridgehead atoms. The number of amides is 1. The number of alkyl carbamates (subject to hydrolysis) is 1. The van der Waals surface area contributed by atoms with Gasteiger partial charge in [0.05, 0.1) is 12.7 Å². The van der Waals surface area contributed by atoms with Gasteiger partial charge in [-0.2, -0.15) is 0 Å². The van der Waals surface area contributed by atoms with E-state index in [4.69, 9.17) is 9.47 Å². The Kier molecular flexibility index (Phi) is 7.96. The molecular weight excluding hydrogens is 278 g/mol. The fraction of sp³-hybridized carbons (Fsp3) is 0.611. The highest BCUT2D eigenvalue weighted by molar-refractivity contribution is 5.67. The summed E-state index contributed by atoms with van der Waals surface area (Å²) in [5.41, 5.74) is 0.662. The fourth-order valence-corrected chi connectivity index (χ4v) is 1.98. The minimum atomic E-state index is -0.478. The van der Waals surface area contributed by atoms with Crippen molar-refractivity contribution in [2.45, 2.75) is 65.3 Å². The fourth-order valence-electron chi connectivity index (χ4n) is 1.98. The number of rotatable bonds is 8. The Morgan fingerprint density at radius 3 is 2.50 bits per heavy atom. The van der Waals surface area contributed by atoms with E-state index in [0.717, 1.165) is 24.8 Å². The van der Waals surface area contributed by atoms with Crippen LogP contribution in [0.15, 0.2) is 30.3 Å². The van der Waals surface area contributed by atoms with Crippen molar-refractivity contribution in [3.8, 4) is 0 Å². The molecular formula is C18H29NO3. The molecule has 0 aromatic heterocycles. The van der Waals surface area contributed by atoms with Crippen LogP contribution in [-0.2, 0) is 16.1 Å². The predicted octanol–water partition coefficient (Wildman–Crippen LogP) is 4.29. The van der Waals surface area contributed by atoms with Crippen LogP contribution >= 0.6 is 0 Å². The second-order valence-electron chi connectivity index (χ2n) is 6.44. The topological polar surface area (TPSA) is 47.6 Å². The molecule has 124 valence electrons. The Morgan fingerprint density at radius 1 is 1.23 bits per heavy atom. The Labute approximate surface area is 134 Å². The SMILES string of the molecule is CCCCC(CNC(=O)OC(C)(C)C)OCc1ccccc1. The molecule has 1 N–H and O–H groups in total. The van der Waals surface area contributed by atoms with Gasteiger partial charge in [-0.15, -0.1) is 0 Å². The first-order valence-electron chi connectivity index (χ1n) is 8.03. The van der Waals surface area contributed by atoms with Crippen molar-refractivity contribution >= 4 is 6.09 Å². The van der Waals surface area contributed by atoms with E-state index in [1.54, 1.807) is 0 Å². The number of hydrogen-bond donors (Lipinski definition) is 1. The molecule has 1 atom stereocenters. The molecule has 0 aliphatic heterocycles. The van der Waals surface area contributed by atoms with Crippen LogP contribution in [0.1, 0.15) is 52.5 Å². The van der Waals surface area contributed by atoms with Crippen LogP contribution in [0, 0.1) is 0 Å². The zero-order valence-corrected chi connectivity index (χ0v) is 14.2. The summed E-state index contributed by atoms with van der Waals surface area (Å²) in [4.78, 5) is 11.7. The molecule has 1 aromatic carbocycles. The number of hydrogen-bond acceptors (Lipinski definition) is 3. The molecule has 0 heterocycles. The van der Waals surface area contributed by atoms with Crippen LogP contribution in [0.5, 0.6) is 0 Å². The minimum Gasteiger partial charge on any atom is -0.444 e. The molecule has 1 amide bonds. The third-order valence-corrected chi connectivity index (χ3v) is 3.08. The predicted molar refractivity (Wildman–Crippen MR) is 88.8 cm³/mol. The highest BCUT2D eigenvalue weighted by Gasteiger charge is 2.17. The smallest absolute Gasteiger partial charge is 0.407 e. The molecule has 0 saturated heterocycles. The van der Waals surface area contributed by atoms with Crippen LogP contribution in [-0.4, -0.2) is 24.3 Å². The van der Waals surface area contributed by atoms with Gasteiger partial charge in [-0.25, -0.2) is 4.79 Å². The lowest BCUT2D eigenvalue weighted by Crippen LogP contribution is -2.37. The van der Waals surface area contributed by atoms with Crippen molar-refractivity contribution in [1.29, 1.82) is 0 Å². The molecule has 4 nitrogen and oxygen atoms in total. The van der Waals surface area contributed by atoms with Gasteiger partial charge < -0.3 is 14.8 Å². The molecule has 1 rings (SSSR count). The van der Waals surface area contributed by atoms with E-state index in [1.165, 1.54) is 0 Å². The van der Waals surface area contributed by atoms with Gasteiger partial charge >= 0.3 is 6.09 Å². The van der Waals surface area contributed by atoms with Crippen LogP contribution in [0.2, 0.25) is 0 Å². The third kappa shape index (κ3) is 8.67. The first-order valence-corrected chi connectivity index (χ1v) is 8.03. The Balaban J connectivity index is 2.41. The first-order chi connectivity index (χ1) is 10.4. The summed E-state index contributed by atoms with van der Waals surface area (Å²) in [6.07, 6.45) is 2.73. The van der Waals surface area contributed by atoms with Crippen molar-refractivity contribution in [3.63, 3.8) is 0 Å². The van der Waals surface area contributed by atoms with Gasteiger partial charge in [0, 0.05) is 6.54 Å². The van der Waals surface area contributed by atoms with E-state index in [0.29, 0.717) is 13.2 Å². The summed E-state index contributed by atoms with van der Waals surface area (Å²) in [6.45, 7) is 8.75. The van der Waals surface area contributed by atoms with Crippen LogP contribution < -0.4 is 5.32 Å². The molecule has 1 unspecified atom stereocenters. The zero-order chi connectivity index (χ0) is 16.4. The van der Waals surface area contributed by atoms with Crippen molar-refractivity contribution in [2.24, 2.45) is 0 Å². The van der Waals surface area contributed by atoms with E-state index in [9.17, 15) is 4.79 Å². The zero-order valence-electron chi connectivity index (χ0n) is 14.2. The molecule has 0 aliphatic rings. The average molecular weight is 307 g/mol. The molecule has 22 heavy (non-hydrogen) atoms. The van der Waals surface area contributed by atoms with Crippen molar-refractivity contribution < 1.29 is 14.3 Å². The molecule has 0 spiro atoms. The number of benzene rings is 1. The third-order valence-electron chi connectivity index (χ3n) is 3.08. The van der Waals surface area contributed by atoms with E-state index < -0.39 is 11.7 Å². The van der Waals surface area contributed by atoms with Crippen LogP contribution in [0.4, 0.5) is 4.79 Å².